The average Bonchev–Trinajstić information content (AvgIpc) is 3.41. The van der Waals surface area contributed by atoms with Crippen LogP contribution in [0.5, 0.6) is 0 Å². The number of furan rings is 1. The summed E-state index contributed by atoms with van der Waals surface area (Å²) >= 11 is 1.38. The van der Waals surface area contributed by atoms with E-state index in [1.807, 2.05) is 0 Å². The maximum absolute atomic E-state index is 12.6. The Bertz CT molecular complexity index is 978. The Hall–Kier alpha value is -2.66. The van der Waals surface area contributed by atoms with Crippen LogP contribution in [0, 0.1) is 0 Å². The second-order valence-electron chi connectivity index (χ2n) is 5.82. The summed E-state index contributed by atoms with van der Waals surface area (Å²) < 4.78 is 37.5. The fraction of sp³-hybridized carbons (Fsp3) is 0.167. The standard InChI is InChI=1S/C18H18N2O6S2/c1-25-17(21)20-14-4-6-15(7-5-14)28(23,24)19-12-18(22,13-8-10-27-11-13)16-3-2-9-26-16/h2-11,19,22H,12H2,1H3,(H,20,21)/t18-/m1/s1. The first kappa shape index (κ1) is 20.1. The average molecular weight is 422 g/mol. The highest BCUT2D eigenvalue weighted by atomic mass is 32.2. The number of amides is 1. The maximum atomic E-state index is 12.6. The molecule has 1 aromatic carbocycles. The molecular weight excluding hydrogens is 404 g/mol. The molecule has 0 aliphatic rings. The van der Waals surface area contributed by atoms with Crippen LogP contribution in [0.25, 0.3) is 0 Å². The molecule has 1 amide bonds. The van der Waals surface area contributed by atoms with Crippen molar-refractivity contribution >= 4 is 33.1 Å². The maximum Gasteiger partial charge on any atom is 0.411 e. The van der Waals surface area contributed by atoms with Crippen molar-refractivity contribution in [3.8, 4) is 0 Å². The van der Waals surface area contributed by atoms with Gasteiger partial charge in [0.15, 0.2) is 5.60 Å². The van der Waals surface area contributed by atoms with E-state index in [9.17, 15) is 18.3 Å². The molecule has 10 heteroatoms. The number of ether oxygens (including phenoxy) is 1. The van der Waals surface area contributed by atoms with Crippen LogP contribution >= 0.6 is 11.3 Å². The molecule has 3 rings (SSSR count). The van der Waals surface area contributed by atoms with Gasteiger partial charge in [0, 0.05) is 11.3 Å². The molecule has 0 unspecified atom stereocenters. The van der Waals surface area contributed by atoms with Crippen LogP contribution in [0.15, 0.2) is 68.8 Å². The van der Waals surface area contributed by atoms with Crippen LogP contribution in [0.2, 0.25) is 0 Å². The second kappa shape index (κ2) is 8.15. The fourth-order valence-electron chi connectivity index (χ4n) is 2.51. The Morgan fingerprint density at radius 2 is 2.00 bits per heavy atom. The van der Waals surface area contributed by atoms with E-state index in [1.54, 1.807) is 29.0 Å². The lowest BCUT2D eigenvalue weighted by molar-refractivity contribution is 0.0623. The SMILES string of the molecule is COC(=O)Nc1ccc(S(=O)(=O)NC[C@@](O)(c2ccsc2)c2ccco2)cc1. The first-order chi connectivity index (χ1) is 13.3. The van der Waals surface area contributed by atoms with E-state index in [0.29, 0.717) is 11.3 Å². The summed E-state index contributed by atoms with van der Waals surface area (Å²) in [6.07, 6.45) is 0.752. The number of aliphatic hydroxyl groups is 1. The van der Waals surface area contributed by atoms with Crippen LogP contribution in [0.3, 0.4) is 0 Å². The topological polar surface area (TPSA) is 118 Å². The summed E-state index contributed by atoms with van der Waals surface area (Å²) in [7, 11) is -2.69. The van der Waals surface area contributed by atoms with Gasteiger partial charge in [0.05, 0.1) is 24.8 Å². The van der Waals surface area contributed by atoms with E-state index in [2.05, 4.69) is 14.8 Å². The second-order valence-corrected chi connectivity index (χ2v) is 8.36. The Morgan fingerprint density at radius 1 is 1.25 bits per heavy atom. The highest BCUT2D eigenvalue weighted by Gasteiger charge is 2.36. The molecule has 0 aliphatic heterocycles. The molecule has 1 atom stereocenters. The summed E-state index contributed by atoms with van der Waals surface area (Å²) in [6, 6.07) is 10.4. The molecule has 0 spiro atoms. The van der Waals surface area contributed by atoms with Crippen molar-refractivity contribution in [3.63, 3.8) is 0 Å². The van der Waals surface area contributed by atoms with Crippen molar-refractivity contribution in [1.29, 1.82) is 0 Å². The number of thiophene rings is 1. The van der Waals surface area contributed by atoms with Crippen LogP contribution in [-0.4, -0.2) is 33.3 Å². The zero-order chi connectivity index (χ0) is 20.2. The molecule has 2 heterocycles. The molecule has 0 fully saturated rings. The third kappa shape index (κ3) is 4.25. The van der Waals surface area contributed by atoms with Gasteiger partial charge in [-0.25, -0.2) is 17.9 Å². The number of benzene rings is 1. The molecule has 8 nitrogen and oxygen atoms in total. The molecule has 2 aromatic heterocycles. The van der Waals surface area contributed by atoms with Gasteiger partial charge in [0.2, 0.25) is 10.0 Å². The number of nitrogens with one attached hydrogen (secondary N) is 2. The van der Waals surface area contributed by atoms with Crippen LogP contribution < -0.4 is 10.0 Å². The summed E-state index contributed by atoms with van der Waals surface area (Å²) in [5, 5.41) is 17.1. The normalized spacial score (nSPS) is 13.6. The monoisotopic (exact) mass is 422 g/mol. The molecule has 0 saturated carbocycles. The van der Waals surface area contributed by atoms with Gasteiger partial charge in [-0.15, -0.1) is 0 Å². The highest BCUT2D eigenvalue weighted by molar-refractivity contribution is 7.89. The van der Waals surface area contributed by atoms with E-state index >= 15 is 0 Å². The van der Waals surface area contributed by atoms with E-state index < -0.39 is 21.7 Å². The van der Waals surface area contributed by atoms with Crippen molar-refractivity contribution < 1.29 is 27.5 Å². The predicted molar refractivity (Wildman–Crippen MR) is 104 cm³/mol. The molecule has 0 radical (unpaired) electrons. The van der Waals surface area contributed by atoms with Crippen molar-refractivity contribution in [1.82, 2.24) is 4.72 Å². The Balaban J connectivity index is 1.79. The Morgan fingerprint density at radius 3 is 2.57 bits per heavy atom. The zero-order valence-electron chi connectivity index (χ0n) is 14.8. The fourth-order valence-corrected chi connectivity index (χ4v) is 4.30. The summed E-state index contributed by atoms with van der Waals surface area (Å²) in [5.41, 5.74) is -0.743. The molecular formula is C18H18N2O6S2. The number of anilines is 1. The lowest BCUT2D eigenvalue weighted by Gasteiger charge is -2.25. The van der Waals surface area contributed by atoms with Gasteiger partial charge in [-0.05, 0) is 53.2 Å². The number of carbonyl (C=O) groups excluding carboxylic acids is 1. The van der Waals surface area contributed by atoms with Gasteiger partial charge in [-0.2, -0.15) is 11.3 Å². The van der Waals surface area contributed by atoms with Crippen molar-refractivity contribution in [3.05, 3.63) is 70.8 Å². The molecule has 0 aliphatic carbocycles. The van der Waals surface area contributed by atoms with E-state index in [4.69, 9.17) is 4.42 Å². The van der Waals surface area contributed by atoms with Gasteiger partial charge >= 0.3 is 6.09 Å². The molecule has 3 aromatic rings. The number of carbonyl (C=O) groups is 1. The first-order valence-corrected chi connectivity index (χ1v) is 10.5. The largest absolute Gasteiger partial charge is 0.466 e. The lowest BCUT2D eigenvalue weighted by atomic mass is 9.94. The Kier molecular flexibility index (Phi) is 5.84. The van der Waals surface area contributed by atoms with Gasteiger partial charge in [-0.3, -0.25) is 5.32 Å². The number of hydrogen-bond donors (Lipinski definition) is 3. The highest BCUT2D eigenvalue weighted by Crippen LogP contribution is 2.31. The molecule has 3 N–H and O–H groups in total. The smallest absolute Gasteiger partial charge is 0.411 e. The quantitative estimate of drug-likeness (QED) is 0.539. The third-order valence-corrected chi connectivity index (χ3v) is 6.14. The number of sulfonamides is 1. The minimum Gasteiger partial charge on any atom is -0.466 e. The molecule has 0 bridgehead atoms. The van der Waals surface area contributed by atoms with Gasteiger partial charge in [0.25, 0.3) is 0 Å². The van der Waals surface area contributed by atoms with Crippen molar-refractivity contribution in [2.24, 2.45) is 0 Å². The third-order valence-electron chi connectivity index (χ3n) is 4.04. The molecule has 148 valence electrons. The van der Waals surface area contributed by atoms with Gasteiger partial charge in [0.1, 0.15) is 5.76 Å². The van der Waals surface area contributed by atoms with E-state index in [1.165, 1.54) is 49.0 Å². The summed E-state index contributed by atoms with van der Waals surface area (Å²) in [4.78, 5) is 11.2. The molecule has 28 heavy (non-hydrogen) atoms. The van der Waals surface area contributed by atoms with Crippen LogP contribution in [0.1, 0.15) is 11.3 Å². The van der Waals surface area contributed by atoms with Crippen LogP contribution in [-0.2, 0) is 20.4 Å². The molecule has 0 saturated heterocycles. The first-order valence-electron chi connectivity index (χ1n) is 8.09. The number of hydrogen-bond acceptors (Lipinski definition) is 7. The zero-order valence-corrected chi connectivity index (χ0v) is 16.4. The van der Waals surface area contributed by atoms with Gasteiger partial charge < -0.3 is 14.3 Å². The summed E-state index contributed by atoms with van der Waals surface area (Å²) in [5.74, 6) is 0.228. The lowest BCUT2D eigenvalue weighted by Crippen LogP contribution is -2.41. The summed E-state index contributed by atoms with van der Waals surface area (Å²) in [6.45, 7) is -0.318. The number of methoxy groups -OCH3 is 1. The minimum atomic E-state index is -3.92. The minimum absolute atomic E-state index is 0.0185. The van der Waals surface area contributed by atoms with Crippen molar-refractivity contribution in [2.75, 3.05) is 19.0 Å². The predicted octanol–water partition coefficient (Wildman–Crippen LogP) is 2.73. The van der Waals surface area contributed by atoms with E-state index in [-0.39, 0.29) is 17.2 Å². The van der Waals surface area contributed by atoms with Gasteiger partial charge in [-0.1, -0.05) is 0 Å². The van der Waals surface area contributed by atoms with Crippen LogP contribution in [0.4, 0.5) is 10.5 Å². The van der Waals surface area contributed by atoms with E-state index in [0.717, 1.165) is 0 Å². The Labute approximate surface area is 165 Å². The van der Waals surface area contributed by atoms with Crippen molar-refractivity contribution in [2.45, 2.75) is 10.5 Å². The number of rotatable bonds is 7.